The van der Waals surface area contributed by atoms with Crippen LogP contribution in [-0.2, 0) is 6.54 Å². The van der Waals surface area contributed by atoms with Crippen LogP contribution in [0.2, 0.25) is 0 Å². The molecule has 0 unspecified atom stereocenters. The lowest BCUT2D eigenvalue weighted by atomic mass is 10.2. The molecule has 0 radical (unpaired) electrons. The molecule has 5 nitrogen and oxygen atoms in total. The summed E-state index contributed by atoms with van der Waals surface area (Å²) in [6, 6.07) is 11.5. The van der Waals surface area contributed by atoms with Gasteiger partial charge in [-0.25, -0.2) is 9.97 Å². The lowest BCUT2D eigenvalue weighted by molar-refractivity contribution is 0.851. The van der Waals surface area contributed by atoms with Crippen molar-refractivity contribution in [2.75, 3.05) is 17.7 Å². The van der Waals surface area contributed by atoms with Gasteiger partial charge in [-0.1, -0.05) is 6.07 Å². The highest BCUT2D eigenvalue weighted by molar-refractivity contribution is 7.16. The summed E-state index contributed by atoms with van der Waals surface area (Å²) >= 11 is 1.55. The third kappa shape index (κ3) is 2.64. The molecule has 104 valence electrons. The molecule has 21 heavy (non-hydrogen) atoms. The van der Waals surface area contributed by atoms with Gasteiger partial charge >= 0.3 is 0 Å². The number of nitrogen functional groups attached to an aromatic ring is 1. The monoisotopic (exact) mass is 295 g/mol. The van der Waals surface area contributed by atoms with Gasteiger partial charge in [0.15, 0.2) is 5.82 Å². The van der Waals surface area contributed by atoms with Crippen LogP contribution in [0.25, 0.3) is 10.2 Å². The summed E-state index contributed by atoms with van der Waals surface area (Å²) in [6.45, 7) is 0.535. The second-order valence-electron chi connectivity index (χ2n) is 4.68. The van der Waals surface area contributed by atoms with Crippen molar-refractivity contribution in [2.45, 2.75) is 6.54 Å². The first-order valence-corrected chi connectivity index (χ1v) is 7.26. The van der Waals surface area contributed by atoms with Crippen molar-refractivity contribution in [3.8, 4) is 6.07 Å². The molecular weight excluding hydrogens is 282 g/mol. The second-order valence-corrected chi connectivity index (χ2v) is 5.58. The fourth-order valence-corrected chi connectivity index (χ4v) is 2.90. The van der Waals surface area contributed by atoms with Crippen LogP contribution in [0.3, 0.4) is 0 Å². The first kappa shape index (κ1) is 13.3. The fraction of sp³-hybridized carbons (Fsp3) is 0.133. The Labute approximate surface area is 126 Å². The summed E-state index contributed by atoms with van der Waals surface area (Å²) in [7, 11) is 1.94. The summed E-state index contributed by atoms with van der Waals surface area (Å²) in [5.74, 6) is 1.18. The average Bonchev–Trinajstić information content (AvgIpc) is 2.96. The maximum absolute atomic E-state index is 8.96. The topological polar surface area (TPSA) is 78.8 Å². The van der Waals surface area contributed by atoms with Gasteiger partial charge in [-0.3, -0.25) is 0 Å². The quantitative estimate of drug-likeness (QED) is 0.803. The number of hydrogen-bond donors (Lipinski definition) is 1. The van der Waals surface area contributed by atoms with Gasteiger partial charge in [-0.05, 0) is 29.6 Å². The van der Waals surface area contributed by atoms with E-state index in [9.17, 15) is 0 Å². The van der Waals surface area contributed by atoms with Crippen LogP contribution in [-0.4, -0.2) is 17.0 Å². The molecule has 6 heteroatoms. The Morgan fingerprint density at radius 1 is 1.33 bits per heavy atom. The predicted octanol–water partition coefficient (Wildman–Crippen LogP) is 2.78. The third-order valence-electron chi connectivity index (χ3n) is 3.20. The molecule has 0 aliphatic rings. The van der Waals surface area contributed by atoms with E-state index in [0.29, 0.717) is 23.8 Å². The lowest BCUT2D eigenvalue weighted by Crippen LogP contribution is -2.18. The van der Waals surface area contributed by atoms with Crippen LogP contribution in [0.5, 0.6) is 0 Å². The van der Waals surface area contributed by atoms with Crippen LogP contribution < -0.4 is 10.6 Å². The summed E-state index contributed by atoms with van der Waals surface area (Å²) in [5.41, 5.74) is 7.54. The molecule has 2 heterocycles. The zero-order valence-corrected chi connectivity index (χ0v) is 12.3. The number of nitrogens with two attached hydrogens (primary N) is 1. The van der Waals surface area contributed by atoms with Gasteiger partial charge in [-0.2, -0.15) is 5.26 Å². The van der Waals surface area contributed by atoms with Gasteiger partial charge in [0, 0.05) is 12.7 Å². The molecule has 2 N–H and O–H groups in total. The first-order chi connectivity index (χ1) is 10.2. The Morgan fingerprint density at radius 3 is 3.00 bits per heavy atom. The molecule has 0 amide bonds. The second kappa shape index (κ2) is 5.38. The summed E-state index contributed by atoms with van der Waals surface area (Å²) in [4.78, 5) is 11.8. The number of nitriles is 1. The van der Waals surface area contributed by atoms with Crippen molar-refractivity contribution in [1.82, 2.24) is 9.97 Å². The summed E-state index contributed by atoms with van der Waals surface area (Å²) in [5, 5.41) is 11.8. The van der Waals surface area contributed by atoms with Crippen LogP contribution in [0.15, 0.2) is 35.7 Å². The van der Waals surface area contributed by atoms with E-state index in [4.69, 9.17) is 11.0 Å². The molecule has 3 rings (SSSR count). The highest BCUT2D eigenvalue weighted by atomic mass is 32.1. The van der Waals surface area contributed by atoms with Crippen molar-refractivity contribution in [3.63, 3.8) is 0 Å². The Hall–Kier alpha value is -2.65. The van der Waals surface area contributed by atoms with Crippen molar-refractivity contribution in [3.05, 3.63) is 47.1 Å². The number of rotatable bonds is 3. The zero-order valence-electron chi connectivity index (χ0n) is 11.4. The number of hydrogen-bond acceptors (Lipinski definition) is 6. The van der Waals surface area contributed by atoms with Crippen molar-refractivity contribution < 1.29 is 0 Å². The third-order valence-corrected chi connectivity index (χ3v) is 4.00. The Kier molecular flexibility index (Phi) is 3.42. The van der Waals surface area contributed by atoms with Gasteiger partial charge in [0.2, 0.25) is 0 Å². The Morgan fingerprint density at radius 2 is 2.19 bits per heavy atom. The number of aromatic nitrogens is 2. The first-order valence-electron chi connectivity index (χ1n) is 6.38. The molecule has 0 spiro atoms. The minimum absolute atomic E-state index is 0.510. The van der Waals surface area contributed by atoms with E-state index in [0.717, 1.165) is 15.9 Å². The SMILES string of the molecule is CN(Cc1nc(N)c2ccsc2n1)c1cccc(C#N)c1. The lowest BCUT2D eigenvalue weighted by Gasteiger charge is -2.18. The normalized spacial score (nSPS) is 10.5. The van der Waals surface area contributed by atoms with Gasteiger partial charge < -0.3 is 10.6 Å². The predicted molar refractivity (Wildman–Crippen MR) is 85.1 cm³/mol. The number of anilines is 2. The van der Waals surface area contributed by atoms with Gasteiger partial charge in [0.1, 0.15) is 10.6 Å². The van der Waals surface area contributed by atoms with E-state index in [1.54, 1.807) is 17.4 Å². The molecule has 0 fully saturated rings. The maximum Gasteiger partial charge on any atom is 0.151 e. The van der Waals surface area contributed by atoms with E-state index in [-0.39, 0.29) is 0 Å². The Balaban J connectivity index is 1.88. The minimum Gasteiger partial charge on any atom is -0.383 e. The van der Waals surface area contributed by atoms with Crippen molar-refractivity contribution >= 4 is 33.1 Å². The van der Waals surface area contributed by atoms with Crippen molar-refractivity contribution in [1.29, 1.82) is 5.26 Å². The van der Waals surface area contributed by atoms with E-state index in [1.165, 1.54) is 0 Å². The number of nitrogens with zero attached hydrogens (tertiary/aromatic N) is 4. The van der Waals surface area contributed by atoms with E-state index < -0.39 is 0 Å². The average molecular weight is 295 g/mol. The Bertz CT molecular complexity index is 833. The molecule has 1 aromatic carbocycles. The van der Waals surface area contributed by atoms with Gasteiger partial charge in [0.25, 0.3) is 0 Å². The van der Waals surface area contributed by atoms with Crippen molar-refractivity contribution in [2.24, 2.45) is 0 Å². The molecule has 0 saturated carbocycles. The van der Waals surface area contributed by atoms with Gasteiger partial charge in [0.05, 0.1) is 23.6 Å². The molecule has 0 aliphatic heterocycles. The van der Waals surface area contributed by atoms with Gasteiger partial charge in [-0.15, -0.1) is 11.3 Å². The molecule has 2 aromatic heterocycles. The molecule has 0 saturated heterocycles. The molecule has 0 aliphatic carbocycles. The maximum atomic E-state index is 8.96. The molecule has 3 aromatic rings. The van der Waals surface area contributed by atoms with Crippen LogP contribution in [0.1, 0.15) is 11.4 Å². The summed E-state index contributed by atoms with van der Waals surface area (Å²) < 4.78 is 0. The minimum atomic E-state index is 0.510. The number of benzene rings is 1. The zero-order chi connectivity index (χ0) is 14.8. The molecular formula is C15H13N5S. The van der Waals surface area contributed by atoms with E-state index >= 15 is 0 Å². The smallest absolute Gasteiger partial charge is 0.151 e. The highest BCUT2D eigenvalue weighted by Gasteiger charge is 2.09. The van der Waals surface area contributed by atoms with E-state index in [1.807, 2.05) is 41.6 Å². The van der Waals surface area contributed by atoms with Crippen LogP contribution >= 0.6 is 11.3 Å². The standard InChI is InChI=1S/C15H13N5S/c1-20(11-4-2-3-10(7-11)8-16)9-13-18-14(17)12-5-6-21-15(12)19-13/h2-7H,9H2,1H3,(H2,17,18,19). The highest BCUT2D eigenvalue weighted by Crippen LogP contribution is 2.24. The van der Waals surface area contributed by atoms with E-state index in [2.05, 4.69) is 16.0 Å². The molecule has 0 bridgehead atoms. The number of fused-ring (bicyclic) bond motifs is 1. The molecule has 0 atom stereocenters. The number of thiophene rings is 1. The van der Waals surface area contributed by atoms with Crippen LogP contribution in [0.4, 0.5) is 11.5 Å². The summed E-state index contributed by atoms with van der Waals surface area (Å²) in [6.07, 6.45) is 0. The van der Waals surface area contributed by atoms with Crippen LogP contribution in [0, 0.1) is 11.3 Å². The largest absolute Gasteiger partial charge is 0.383 e. The fourth-order valence-electron chi connectivity index (χ4n) is 2.11.